The minimum atomic E-state index is -0.193. The Balaban J connectivity index is 1.15. The number of hydrogen-bond acceptors (Lipinski definition) is 6. The molecule has 2 aromatic heterocycles. The molecular formula is C30H25N7O. The molecule has 1 aliphatic rings. The van der Waals surface area contributed by atoms with E-state index in [1.54, 1.807) is 28.8 Å². The Morgan fingerprint density at radius 3 is 2.47 bits per heavy atom. The quantitative estimate of drug-likeness (QED) is 0.260. The predicted molar refractivity (Wildman–Crippen MR) is 152 cm³/mol. The van der Waals surface area contributed by atoms with Gasteiger partial charge in [0.2, 0.25) is 0 Å². The molecule has 0 bridgehead atoms. The lowest BCUT2D eigenvalue weighted by Gasteiger charge is -2.09. The van der Waals surface area contributed by atoms with Crippen molar-refractivity contribution in [1.82, 2.24) is 14.6 Å². The maximum Gasteiger partial charge on any atom is 0.255 e. The fraction of sp³-hybridized carbons (Fsp3) is 0.0667. The van der Waals surface area contributed by atoms with Crippen LogP contribution in [0.3, 0.4) is 0 Å². The van der Waals surface area contributed by atoms with E-state index in [-0.39, 0.29) is 11.9 Å². The molecule has 186 valence electrons. The molecule has 1 unspecified atom stereocenters. The molecule has 1 aliphatic heterocycles. The van der Waals surface area contributed by atoms with E-state index in [1.807, 2.05) is 67.1 Å². The molecule has 0 radical (unpaired) electrons. The zero-order valence-electron chi connectivity index (χ0n) is 20.5. The Morgan fingerprint density at radius 2 is 1.68 bits per heavy atom. The van der Waals surface area contributed by atoms with Gasteiger partial charge in [0, 0.05) is 46.2 Å². The van der Waals surface area contributed by atoms with E-state index in [2.05, 4.69) is 38.9 Å². The molecule has 0 aliphatic carbocycles. The van der Waals surface area contributed by atoms with Crippen molar-refractivity contribution in [3.05, 3.63) is 120 Å². The van der Waals surface area contributed by atoms with Crippen LogP contribution in [0.5, 0.6) is 0 Å². The number of anilines is 4. The van der Waals surface area contributed by atoms with Crippen LogP contribution in [0.2, 0.25) is 0 Å². The predicted octanol–water partition coefficient (Wildman–Crippen LogP) is 5.39. The summed E-state index contributed by atoms with van der Waals surface area (Å²) in [6, 6.07) is 26.6. The number of hydrogen-bond donors (Lipinski definition) is 3. The van der Waals surface area contributed by atoms with Crippen LogP contribution in [-0.2, 0) is 6.42 Å². The number of allylic oxidation sites excluding steroid dienone is 1. The summed E-state index contributed by atoms with van der Waals surface area (Å²) in [7, 11) is 0. The lowest BCUT2D eigenvalue weighted by Crippen LogP contribution is -2.11. The highest BCUT2D eigenvalue weighted by molar-refractivity contribution is 6.14. The fourth-order valence-electron chi connectivity index (χ4n) is 4.36. The molecule has 38 heavy (non-hydrogen) atoms. The van der Waals surface area contributed by atoms with Crippen LogP contribution >= 0.6 is 0 Å². The van der Waals surface area contributed by atoms with Crippen LogP contribution in [0.4, 0.5) is 22.9 Å². The van der Waals surface area contributed by atoms with Crippen LogP contribution in [0.15, 0.2) is 108 Å². The van der Waals surface area contributed by atoms with Crippen molar-refractivity contribution >= 4 is 46.2 Å². The number of aliphatic imine (C=N–C) groups is 1. The van der Waals surface area contributed by atoms with E-state index in [0.29, 0.717) is 22.8 Å². The monoisotopic (exact) mass is 499 g/mol. The average molecular weight is 500 g/mol. The van der Waals surface area contributed by atoms with Gasteiger partial charge >= 0.3 is 0 Å². The minimum absolute atomic E-state index is 0.0997. The van der Waals surface area contributed by atoms with E-state index in [1.165, 1.54) is 5.56 Å². The number of carbonyl (C=O) groups excluding carboxylic acids is 1. The molecule has 1 atom stereocenters. The average Bonchev–Trinajstić information content (AvgIpc) is 3.57. The summed E-state index contributed by atoms with van der Waals surface area (Å²) < 4.78 is 1.76. The first-order valence-electron chi connectivity index (χ1n) is 12.3. The highest BCUT2D eigenvalue weighted by Crippen LogP contribution is 2.26. The largest absolute Gasteiger partial charge is 0.399 e. The number of aromatic nitrogens is 3. The van der Waals surface area contributed by atoms with Gasteiger partial charge in [0.15, 0.2) is 5.65 Å². The molecule has 3 aromatic carbocycles. The third-order valence-corrected chi connectivity index (χ3v) is 6.33. The van der Waals surface area contributed by atoms with Gasteiger partial charge in [-0.15, -0.1) is 0 Å². The Morgan fingerprint density at radius 1 is 0.921 bits per heavy atom. The molecule has 5 aromatic rings. The van der Waals surface area contributed by atoms with Crippen LogP contribution in [0.1, 0.15) is 21.5 Å². The Labute approximate surface area is 219 Å². The topological polar surface area (TPSA) is 110 Å². The molecule has 0 spiro atoms. The standard InChI is InChI=1S/C30H25N7O/c31-23-8-6-21(7-9-23)30(38)35-25-12-10-24(11-13-25)34-28-14-15-37-29(36-28)27(19-33-37)22-17-26(32-18-22)16-20-4-2-1-3-5-20/h1-15,17-19,26H,16,31H2,(H,34,36)(H,35,38). The van der Waals surface area contributed by atoms with E-state index < -0.39 is 0 Å². The van der Waals surface area contributed by atoms with Gasteiger partial charge in [-0.3, -0.25) is 9.79 Å². The van der Waals surface area contributed by atoms with Gasteiger partial charge in [0.05, 0.1) is 12.2 Å². The maximum atomic E-state index is 12.5. The Hall–Kier alpha value is -5.24. The third kappa shape index (κ3) is 5.01. The maximum absolute atomic E-state index is 12.5. The lowest BCUT2D eigenvalue weighted by molar-refractivity contribution is 0.102. The molecule has 8 nitrogen and oxygen atoms in total. The summed E-state index contributed by atoms with van der Waals surface area (Å²) in [4.78, 5) is 21.9. The lowest BCUT2D eigenvalue weighted by atomic mass is 10.0. The highest BCUT2D eigenvalue weighted by atomic mass is 16.1. The Kier molecular flexibility index (Phi) is 6.11. The first-order valence-corrected chi connectivity index (χ1v) is 12.3. The summed E-state index contributed by atoms with van der Waals surface area (Å²) in [5, 5.41) is 10.7. The van der Waals surface area contributed by atoms with Crippen LogP contribution < -0.4 is 16.4 Å². The number of amides is 1. The molecule has 8 heteroatoms. The number of nitrogen functional groups attached to an aromatic ring is 1. The van der Waals surface area contributed by atoms with Crippen molar-refractivity contribution in [1.29, 1.82) is 0 Å². The number of nitrogens with one attached hydrogen (secondary N) is 2. The summed E-state index contributed by atoms with van der Waals surface area (Å²) >= 11 is 0. The van der Waals surface area contributed by atoms with Crippen molar-refractivity contribution in [3.63, 3.8) is 0 Å². The molecule has 1 amide bonds. The summed E-state index contributed by atoms with van der Waals surface area (Å²) in [6.45, 7) is 0. The highest BCUT2D eigenvalue weighted by Gasteiger charge is 2.17. The molecule has 3 heterocycles. The van der Waals surface area contributed by atoms with Crippen molar-refractivity contribution in [2.24, 2.45) is 4.99 Å². The first-order chi connectivity index (χ1) is 18.6. The van der Waals surface area contributed by atoms with Crippen molar-refractivity contribution in [3.8, 4) is 0 Å². The fourth-order valence-corrected chi connectivity index (χ4v) is 4.36. The number of carbonyl (C=O) groups is 1. The summed E-state index contributed by atoms with van der Waals surface area (Å²) in [6.07, 6.45) is 8.64. The molecule has 4 N–H and O–H groups in total. The van der Waals surface area contributed by atoms with Gasteiger partial charge in [0.25, 0.3) is 5.91 Å². The van der Waals surface area contributed by atoms with E-state index in [9.17, 15) is 4.79 Å². The molecule has 0 saturated heterocycles. The number of rotatable bonds is 7. The van der Waals surface area contributed by atoms with Crippen molar-refractivity contribution in [2.45, 2.75) is 12.5 Å². The Bertz CT molecular complexity index is 1650. The third-order valence-electron chi connectivity index (χ3n) is 6.33. The smallest absolute Gasteiger partial charge is 0.255 e. The number of nitrogens with zero attached hydrogens (tertiary/aromatic N) is 4. The van der Waals surface area contributed by atoms with Crippen LogP contribution in [-0.4, -0.2) is 32.8 Å². The van der Waals surface area contributed by atoms with Gasteiger partial charge in [0.1, 0.15) is 5.82 Å². The van der Waals surface area contributed by atoms with Crippen LogP contribution in [0, 0.1) is 0 Å². The SMILES string of the molecule is Nc1ccc(C(=O)Nc2ccc(Nc3ccn4ncc(C5=CC(Cc6ccccc6)N=C5)c4n3)cc2)cc1. The van der Waals surface area contributed by atoms with Gasteiger partial charge < -0.3 is 16.4 Å². The van der Waals surface area contributed by atoms with Gasteiger partial charge in [-0.1, -0.05) is 36.4 Å². The normalized spacial score (nSPS) is 14.4. The molecule has 0 saturated carbocycles. The summed E-state index contributed by atoms with van der Waals surface area (Å²) in [5.74, 6) is 0.496. The van der Waals surface area contributed by atoms with Gasteiger partial charge in [-0.05, 0) is 66.6 Å². The molecule has 0 fully saturated rings. The zero-order chi connectivity index (χ0) is 25.9. The van der Waals surface area contributed by atoms with Gasteiger partial charge in [-0.2, -0.15) is 5.10 Å². The second-order valence-corrected chi connectivity index (χ2v) is 9.07. The minimum Gasteiger partial charge on any atom is -0.399 e. The van der Waals surface area contributed by atoms with Crippen molar-refractivity contribution in [2.75, 3.05) is 16.4 Å². The van der Waals surface area contributed by atoms with Gasteiger partial charge in [-0.25, -0.2) is 9.50 Å². The molecular weight excluding hydrogens is 474 g/mol. The zero-order valence-corrected chi connectivity index (χ0v) is 20.5. The van der Waals surface area contributed by atoms with Crippen molar-refractivity contribution < 1.29 is 4.79 Å². The van der Waals surface area contributed by atoms with Crippen LogP contribution in [0.25, 0.3) is 11.2 Å². The number of nitrogens with two attached hydrogens (primary N) is 1. The van der Waals surface area contributed by atoms with E-state index in [0.717, 1.165) is 28.9 Å². The summed E-state index contributed by atoms with van der Waals surface area (Å²) in [5.41, 5.74) is 12.4. The van der Waals surface area contributed by atoms with E-state index in [4.69, 9.17) is 10.7 Å². The molecule has 6 rings (SSSR count). The first kappa shape index (κ1) is 23.2. The number of benzene rings is 3. The second kappa shape index (κ2) is 10.0. The number of fused-ring (bicyclic) bond motifs is 1. The van der Waals surface area contributed by atoms with E-state index >= 15 is 0 Å². The second-order valence-electron chi connectivity index (χ2n) is 9.07.